The summed E-state index contributed by atoms with van der Waals surface area (Å²) in [5.74, 6) is 1.74. The van der Waals surface area contributed by atoms with Crippen LogP contribution in [0.1, 0.15) is 31.4 Å². The summed E-state index contributed by atoms with van der Waals surface area (Å²) in [6, 6.07) is 7.06. The van der Waals surface area contributed by atoms with Gasteiger partial charge in [0.05, 0.1) is 7.11 Å². The van der Waals surface area contributed by atoms with Crippen LogP contribution in [0.25, 0.3) is 0 Å². The van der Waals surface area contributed by atoms with E-state index in [1.807, 2.05) is 0 Å². The molecule has 1 aliphatic rings. The summed E-state index contributed by atoms with van der Waals surface area (Å²) >= 11 is 0. The molecule has 1 heterocycles. The molecule has 1 aromatic rings. The number of hydrogen-bond acceptors (Lipinski definition) is 3. The summed E-state index contributed by atoms with van der Waals surface area (Å²) in [7, 11) is 1.76. The second kappa shape index (κ2) is 7.09. The molecule has 2 atom stereocenters. The van der Waals surface area contributed by atoms with Crippen LogP contribution in [0.2, 0.25) is 0 Å². The Labute approximate surface area is 123 Å². The first-order valence-electron chi connectivity index (χ1n) is 7.73. The number of hydrogen-bond donors (Lipinski definition) is 1. The van der Waals surface area contributed by atoms with Crippen molar-refractivity contribution in [3.63, 3.8) is 0 Å². The van der Waals surface area contributed by atoms with E-state index in [4.69, 9.17) is 4.74 Å². The van der Waals surface area contributed by atoms with Crippen LogP contribution in [0.4, 0.5) is 0 Å². The zero-order valence-electron chi connectivity index (χ0n) is 13.3. The number of methoxy groups -OCH3 is 1. The lowest BCUT2D eigenvalue weighted by atomic mass is 9.97. The Balaban J connectivity index is 2.04. The molecule has 3 nitrogen and oxygen atoms in total. The molecular weight excluding hydrogens is 248 g/mol. The van der Waals surface area contributed by atoms with Gasteiger partial charge in [0.15, 0.2) is 0 Å². The molecule has 1 fully saturated rings. The molecule has 1 aromatic carbocycles. The predicted molar refractivity (Wildman–Crippen MR) is 84.3 cm³/mol. The number of rotatable bonds is 5. The van der Waals surface area contributed by atoms with Crippen LogP contribution in [-0.4, -0.2) is 37.7 Å². The number of nitrogens with zero attached hydrogens (tertiary/aromatic N) is 1. The SMILES string of the molecule is CCC(C)C1CN(Cc2cc(C)ccc2OC)CCN1. The van der Waals surface area contributed by atoms with E-state index in [0.717, 1.165) is 37.8 Å². The Morgan fingerprint density at radius 2 is 2.25 bits per heavy atom. The number of ether oxygens (including phenoxy) is 1. The highest BCUT2D eigenvalue weighted by Gasteiger charge is 2.23. The summed E-state index contributed by atoms with van der Waals surface area (Å²) in [6.07, 6.45) is 1.24. The number of aryl methyl sites for hydroxylation is 1. The van der Waals surface area contributed by atoms with Gasteiger partial charge >= 0.3 is 0 Å². The minimum Gasteiger partial charge on any atom is -0.496 e. The molecule has 0 bridgehead atoms. The standard InChI is InChI=1S/C17H28N2O/c1-5-14(3)16-12-19(9-8-18-16)11-15-10-13(2)6-7-17(15)20-4/h6-7,10,14,16,18H,5,8-9,11-12H2,1-4H3. The third-order valence-electron chi connectivity index (χ3n) is 4.45. The van der Waals surface area contributed by atoms with Gasteiger partial charge in [-0.25, -0.2) is 0 Å². The van der Waals surface area contributed by atoms with Crippen molar-refractivity contribution >= 4 is 0 Å². The quantitative estimate of drug-likeness (QED) is 0.895. The molecule has 112 valence electrons. The van der Waals surface area contributed by atoms with Crippen molar-refractivity contribution in [3.05, 3.63) is 29.3 Å². The fourth-order valence-corrected chi connectivity index (χ4v) is 2.92. The predicted octanol–water partition coefficient (Wildman–Crippen LogP) is 2.82. The smallest absolute Gasteiger partial charge is 0.123 e. The van der Waals surface area contributed by atoms with Gasteiger partial charge in [0.25, 0.3) is 0 Å². The minimum atomic E-state index is 0.615. The lowest BCUT2D eigenvalue weighted by molar-refractivity contribution is 0.161. The van der Waals surface area contributed by atoms with E-state index < -0.39 is 0 Å². The number of nitrogens with one attached hydrogen (secondary N) is 1. The Hall–Kier alpha value is -1.06. The lowest BCUT2D eigenvalue weighted by Crippen LogP contribution is -2.52. The van der Waals surface area contributed by atoms with E-state index in [9.17, 15) is 0 Å². The molecule has 1 aliphatic heterocycles. The van der Waals surface area contributed by atoms with E-state index in [-0.39, 0.29) is 0 Å². The molecule has 20 heavy (non-hydrogen) atoms. The van der Waals surface area contributed by atoms with Gasteiger partial charge in [-0.05, 0) is 18.9 Å². The van der Waals surface area contributed by atoms with Gasteiger partial charge in [-0.1, -0.05) is 38.0 Å². The highest BCUT2D eigenvalue weighted by atomic mass is 16.5. The maximum absolute atomic E-state index is 5.50. The van der Waals surface area contributed by atoms with Gasteiger partial charge in [-0.15, -0.1) is 0 Å². The Kier molecular flexibility index (Phi) is 5.44. The largest absolute Gasteiger partial charge is 0.496 e. The fraction of sp³-hybridized carbons (Fsp3) is 0.647. The molecule has 1 N–H and O–H groups in total. The zero-order chi connectivity index (χ0) is 14.5. The second-order valence-electron chi connectivity index (χ2n) is 6.00. The van der Waals surface area contributed by atoms with Crippen LogP contribution >= 0.6 is 0 Å². The Morgan fingerprint density at radius 3 is 2.95 bits per heavy atom. The van der Waals surface area contributed by atoms with Gasteiger partial charge in [-0.2, -0.15) is 0 Å². The zero-order valence-corrected chi connectivity index (χ0v) is 13.3. The Bertz CT molecular complexity index is 433. The first kappa shape index (κ1) is 15.3. The van der Waals surface area contributed by atoms with Crippen molar-refractivity contribution < 1.29 is 4.74 Å². The monoisotopic (exact) mass is 276 g/mol. The molecule has 0 radical (unpaired) electrons. The molecule has 3 heteroatoms. The maximum Gasteiger partial charge on any atom is 0.123 e. The van der Waals surface area contributed by atoms with Crippen LogP contribution in [0.5, 0.6) is 5.75 Å². The second-order valence-corrected chi connectivity index (χ2v) is 6.00. The molecule has 0 aliphatic carbocycles. The third-order valence-corrected chi connectivity index (χ3v) is 4.45. The van der Waals surface area contributed by atoms with Crippen molar-refractivity contribution in [1.29, 1.82) is 0 Å². The van der Waals surface area contributed by atoms with Crippen molar-refractivity contribution in [2.45, 2.75) is 39.8 Å². The third kappa shape index (κ3) is 3.74. The molecule has 0 spiro atoms. The van der Waals surface area contributed by atoms with E-state index in [1.54, 1.807) is 7.11 Å². The van der Waals surface area contributed by atoms with Gasteiger partial charge in [-0.3, -0.25) is 4.90 Å². The fourth-order valence-electron chi connectivity index (χ4n) is 2.92. The van der Waals surface area contributed by atoms with Crippen molar-refractivity contribution in [1.82, 2.24) is 10.2 Å². The van der Waals surface area contributed by atoms with Crippen molar-refractivity contribution in [2.75, 3.05) is 26.7 Å². The van der Waals surface area contributed by atoms with Gasteiger partial charge in [0.2, 0.25) is 0 Å². The van der Waals surface area contributed by atoms with Crippen LogP contribution < -0.4 is 10.1 Å². The summed E-state index contributed by atoms with van der Waals surface area (Å²) in [5, 5.41) is 3.65. The van der Waals surface area contributed by atoms with Crippen LogP contribution in [0.15, 0.2) is 18.2 Å². The van der Waals surface area contributed by atoms with E-state index in [0.29, 0.717) is 6.04 Å². The molecule has 0 amide bonds. The lowest BCUT2D eigenvalue weighted by Gasteiger charge is -2.36. The van der Waals surface area contributed by atoms with Crippen LogP contribution in [0, 0.1) is 12.8 Å². The van der Waals surface area contributed by atoms with Crippen LogP contribution in [0.3, 0.4) is 0 Å². The Morgan fingerprint density at radius 1 is 1.45 bits per heavy atom. The molecule has 2 rings (SSSR count). The molecule has 2 unspecified atom stereocenters. The first-order valence-corrected chi connectivity index (χ1v) is 7.73. The molecule has 0 saturated carbocycles. The average molecular weight is 276 g/mol. The number of piperazine rings is 1. The van der Waals surface area contributed by atoms with E-state index in [2.05, 4.69) is 49.2 Å². The van der Waals surface area contributed by atoms with Gasteiger partial charge < -0.3 is 10.1 Å². The maximum atomic E-state index is 5.50. The topological polar surface area (TPSA) is 24.5 Å². The van der Waals surface area contributed by atoms with E-state index in [1.165, 1.54) is 17.5 Å². The normalized spacial score (nSPS) is 21.7. The summed E-state index contributed by atoms with van der Waals surface area (Å²) < 4.78 is 5.50. The first-order chi connectivity index (χ1) is 9.63. The summed E-state index contributed by atoms with van der Waals surface area (Å²) in [4.78, 5) is 2.55. The van der Waals surface area contributed by atoms with Crippen LogP contribution in [-0.2, 0) is 6.54 Å². The molecule has 1 saturated heterocycles. The summed E-state index contributed by atoms with van der Waals surface area (Å²) in [5.41, 5.74) is 2.60. The van der Waals surface area contributed by atoms with Crippen molar-refractivity contribution in [3.8, 4) is 5.75 Å². The number of benzene rings is 1. The highest BCUT2D eigenvalue weighted by molar-refractivity contribution is 5.36. The highest BCUT2D eigenvalue weighted by Crippen LogP contribution is 2.22. The van der Waals surface area contributed by atoms with E-state index >= 15 is 0 Å². The van der Waals surface area contributed by atoms with Gasteiger partial charge in [0, 0.05) is 37.8 Å². The van der Waals surface area contributed by atoms with Crippen molar-refractivity contribution in [2.24, 2.45) is 5.92 Å². The van der Waals surface area contributed by atoms with Gasteiger partial charge in [0.1, 0.15) is 5.75 Å². The molecular formula is C17H28N2O. The molecule has 0 aromatic heterocycles. The average Bonchev–Trinajstić information content (AvgIpc) is 2.47. The summed E-state index contributed by atoms with van der Waals surface area (Å²) in [6.45, 7) is 11.1. The minimum absolute atomic E-state index is 0.615.